The van der Waals surface area contributed by atoms with Crippen LogP contribution in [0.4, 0.5) is 5.69 Å². The first kappa shape index (κ1) is 23.7. The van der Waals surface area contributed by atoms with Crippen LogP contribution in [0.2, 0.25) is 10.0 Å². The standard InChI is InChI=1S/C26H25Cl2N3OS/c1-16-23(30-31-26(33)29-18-10-4-3-5-11-18)17(2)25(20-13-7-9-15-22(20)28)32-24(16)19-12-6-8-14-21(19)27/h3-17,24-25H,1-2H3,(H2,29,31,33)/t16-,17-,24-,25+/m1/s1. The van der Waals surface area contributed by atoms with E-state index in [4.69, 9.17) is 45.3 Å². The molecule has 4 nitrogen and oxygen atoms in total. The van der Waals surface area contributed by atoms with Gasteiger partial charge < -0.3 is 10.1 Å². The average molecular weight is 498 g/mol. The van der Waals surface area contributed by atoms with Gasteiger partial charge in [-0.2, -0.15) is 5.10 Å². The molecule has 2 N–H and O–H groups in total. The van der Waals surface area contributed by atoms with Gasteiger partial charge in [-0.3, -0.25) is 5.43 Å². The summed E-state index contributed by atoms with van der Waals surface area (Å²) in [6.45, 7) is 4.20. The fraction of sp³-hybridized carbons (Fsp3) is 0.231. The van der Waals surface area contributed by atoms with Crippen LogP contribution in [0.1, 0.15) is 37.2 Å². The van der Waals surface area contributed by atoms with Gasteiger partial charge in [0.25, 0.3) is 0 Å². The molecule has 3 aromatic carbocycles. The highest BCUT2D eigenvalue weighted by Crippen LogP contribution is 2.46. The van der Waals surface area contributed by atoms with E-state index in [1.54, 1.807) is 0 Å². The number of rotatable bonds is 4. The summed E-state index contributed by atoms with van der Waals surface area (Å²) in [6.07, 6.45) is -0.570. The second-order valence-corrected chi connectivity index (χ2v) is 9.29. The summed E-state index contributed by atoms with van der Waals surface area (Å²) in [4.78, 5) is 0. The first-order valence-electron chi connectivity index (χ1n) is 10.8. The molecule has 3 aromatic rings. The molecule has 0 aliphatic carbocycles. The normalized spacial score (nSPS) is 23.8. The van der Waals surface area contributed by atoms with E-state index in [-0.39, 0.29) is 24.0 Å². The zero-order chi connectivity index (χ0) is 23.4. The molecule has 1 saturated heterocycles. The van der Waals surface area contributed by atoms with E-state index in [1.165, 1.54) is 0 Å². The lowest BCUT2D eigenvalue weighted by molar-refractivity contribution is -0.0637. The molecule has 1 heterocycles. The van der Waals surface area contributed by atoms with Crippen molar-refractivity contribution in [3.05, 3.63) is 100 Å². The predicted molar refractivity (Wildman–Crippen MR) is 141 cm³/mol. The fourth-order valence-electron chi connectivity index (χ4n) is 4.21. The minimum Gasteiger partial charge on any atom is -0.364 e. The van der Waals surface area contributed by atoms with Gasteiger partial charge in [0, 0.05) is 44.4 Å². The smallest absolute Gasteiger partial charge is 0.191 e. The van der Waals surface area contributed by atoms with Crippen molar-refractivity contribution in [1.82, 2.24) is 5.43 Å². The van der Waals surface area contributed by atoms with E-state index >= 15 is 0 Å². The van der Waals surface area contributed by atoms with Gasteiger partial charge >= 0.3 is 0 Å². The molecule has 1 fully saturated rings. The molecule has 1 aliphatic rings. The van der Waals surface area contributed by atoms with Crippen molar-refractivity contribution in [2.24, 2.45) is 16.9 Å². The van der Waals surface area contributed by atoms with Crippen molar-refractivity contribution < 1.29 is 4.74 Å². The van der Waals surface area contributed by atoms with Gasteiger partial charge in [0.05, 0.1) is 12.2 Å². The van der Waals surface area contributed by atoms with Crippen molar-refractivity contribution in [2.75, 3.05) is 5.32 Å². The van der Waals surface area contributed by atoms with Gasteiger partial charge in [0.2, 0.25) is 0 Å². The molecule has 0 bridgehead atoms. The zero-order valence-corrected chi connectivity index (χ0v) is 20.7. The quantitative estimate of drug-likeness (QED) is 0.290. The summed E-state index contributed by atoms with van der Waals surface area (Å²) in [7, 11) is 0. The van der Waals surface area contributed by atoms with Crippen molar-refractivity contribution in [1.29, 1.82) is 0 Å². The first-order chi connectivity index (χ1) is 16.0. The average Bonchev–Trinajstić information content (AvgIpc) is 2.81. The van der Waals surface area contributed by atoms with Crippen LogP contribution in [0.15, 0.2) is 84.0 Å². The highest BCUT2D eigenvalue weighted by Gasteiger charge is 2.41. The van der Waals surface area contributed by atoms with Crippen LogP contribution < -0.4 is 10.7 Å². The molecule has 4 atom stereocenters. The molecule has 0 unspecified atom stereocenters. The van der Waals surface area contributed by atoms with Crippen LogP contribution in [-0.4, -0.2) is 10.8 Å². The molecular weight excluding hydrogens is 473 g/mol. The number of benzene rings is 3. The fourth-order valence-corrected chi connectivity index (χ4v) is 4.86. The lowest BCUT2D eigenvalue weighted by Gasteiger charge is -2.41. The Balaban J connectivity index is 1.66. The van der Waals surface area contributed by atoms with E-state index in [0.29, 0.717) is 15.2 Å². The van der Waals surface area contributed by atoms with Crippen LogP contribution in [0.25, 0.3) is 0 Å². The maximum absolute atomic E-state index is 6.65. The molecule has 0 aromatic heterocycles. The molecule has 0 radical (unpaired) electrons. The van der Waals surface area contributed by atoms with Crippen LogP contribution in [0, 0.1) is 11.8 Å². The Bertz CT molecular complexity index is 1100. The van der Waals surface area contributed by atoms with E-state index < -0.39 is 0 Å². The Hall–Kier alpha value is -2.44. The van der Waals surface area contributed by atoms with Crippen molar-refractivity contribution in [3.8, 4) is 0 Å². The Labute approximate surface area is 210 Å². The minimum absolute atomic E-state index is 0.0364. The number of nitrogens with zero attached hydrogens (tertiary/aromatic N) is 1. The number of hydrogen-bond acceptors (Lipinski definition) is 3. The molecule has 0 saturated carbocycles. The second kappa shape index (κ2) is 10.7. The molecule has 4 rings (SSSR count). The summed E-state index contributed by atoms with van der Waals surface area (Å²) in [5.74, 6) is -0.0728. The number of anilines is 1. The van der Waals surface area contributed by atoms with E-state index in [0.717, 1.165) is 22.5 Å². The Morgan fingerprint density at radius 3 is 1.79 bits per heavy atom. The van der Waals surface area contributed by atoms with Gasteiger partial charge in [0.1, 0.15) is 0 Å². The van der Waals surface area contributed by atoms with Crippen molar-refractivity contribution in [2.45, 2.75) is 26.1 Å². The molecule has 170 valence electrons. The number of thiocarbonyl (C=S) groups is 1. The number of hydrazone groups is 1. The van der Waals surface area contributed by atoms with Gasteiger partial charge in [0.15, 0.2) is 5.11 Å². The van der Waals surface area contributed by atoms with E-state index in [2.05, 4.69) is 24.6 Å². The number of halogens is 2. The summed E-state index contributed by atoms with van der Waals surface area (Å²) in [5, 5.41) is 9.65. The Kier molecular flexibility index (Phi) is 7.66. The number of para-hydroxylation sites is 1. The topological polar surface area (TPSA) is 45.7 Å². The maximum atomic E-state index is 6.65. The molecule has 1 aliphatic heterocycles. The summed E-state index contributed by atoms with van der Waals surface area (Å²) in [6, 6.07) is 25.2. The number of hydrogen-bond donors (Lipinski definition) is 2. The minimum atomic E-state index is -0.285. The predicted octanol–water partition coefficient (Wildman–Crippen LogP) is 7.42. The van der Waals surface area contributed by atoms with E-state index in [9.17, 15) is 0 Å². The third-order valence-corrected chi connectivity index (χ3v) is 6.76. The largest absolute Gasteiger partial charge is 0.364 e. The summed E-state index contributed by atoms with van der Waals surface area (Å²) >= 11 is 18.6. The molecule has 0 spiro atoms. The Morgan fingerprint density at radius 1 is 0.788 bits per heavy atom. The molecule has 7 heteroatoms. The van der Waals surface area contributed by atoms with Crippen LogP contribution >= 0.6 is 35.4 Å². The number of nitrogens with one attached hydrogen (secondary N) is 2. The maximum Gasteiger partial charge on any atom is 0.191 e. The van der Waals surface area contributed by atoms with Crippen LogP contribution in [-0.2, 0) is 4.74 Å². The zero-order valence-electron chi connectivity index (χ0n) is 18.3. The van der Waals surface area contributed by atoms with Crippen molar-refractivity contribution >= 4 is 51.9 Å². The van der Waals surface area contributed by atoms with Gasteiger partial charge in [-0.25, -0.2) is 0 Å². The molecule has 33 heavy (non-hydrogen) atoms. The first-order valence-corrected chi connectivity index (χ1v) is 12.0. The molecular formula is C26H25Cl2N3OS. The lowest BCUT2D eigenvalue weighted by atomic mass is 9.79. The van der Waals surface area contributed by atoms with Crippen molar-refractivity contribution in [3.63, 3.8) is 0 Å². The van der Waals surface area contributed by atoms with Gasteiger partial charge in [-0.1, -0.05) is 91.6 Å². The summed E-state index contributed by atoms with van der Waals surface area (Å²) < 4.78 is 6.65. The number of ether oxygens (including phenoxy) is 1. The summed E-state index contributed by atoms with van der Waals surface area (Å²) in [5.41, 5.74) is 6.70. The monoisotopic (exact) mass is 497 g/mol. The van der Waals surface area contributed by atoms with Crippen LogP contribution in [0.3, 0.4) is 0 Å². The highest BCUT2D eigenvalue weighted by atomic mass is 35.5. The van der Waals surface area contributed by atoms with Crippen LogP contribution in [0.5, 0.6) is 0 Å². The highest BCUT2D eigenvalue weighted by molar-refractivity contribution is 7.80. The van der Waals surface area contributed by atoms with E-state index in [1.807, 2.05) is 78.9 Å². The van der Waals surface area contributed by atoms with Gasteiger partial charge in [-0.15, -0.1) is 0 Å². The third kappa shape index (κ3) is 5.39. The molecule has 0 amide bonds. The third-order valence-electron chi connectivity index (χ3n) is 5.88. The second-order valence-electron chi connectivity index (χ2n) is 8.07. The SMILES string of the molecule is C[C@@H]1C(=NNC(=S)Nc2ccccc2)[C@@H](C)[C@H](c2ccccc2Cl)O[C@@H]1c1ccccc1Cl. The lowest BCUT2D eigenvalue weighted by Crippen LogP contribution is -2.40. The Morgan fingerprint density at radius 2 is 1.27 bits per heavy atom. The van der Waals surface area contributed by atoms with Gasteiger partial charge in [-0.05, 0) is 36.5 Å².